The van der Waals surface area contributed by atoms with Gasteiger partial charge in [-0.05, 0) is 64.6 Å². The van der Waals surface area contributed by atoms with E-state index in [0.717, 1.165) is 25.6 Å². The molecule has 3 nitrogen and oxygen atoms in total. The summed E-state index contributed by atoms with van der Waals surface area (Å²) in [7, 11) is 2.31. The fraction of sp³-hybridized carbons (Fsp3) is 0.944. The molecular formula is C36H73NO2. The number of rotatable bonds is 32. The molecular weight excluding hydrogens is 478 g/mol. The third-order valence-corrected chi connectivity index (χ3v) is 8.42. The first-order valence-electron chi connectivity index (χ1n) is 17.6. The van der Waals surface area contributed by atoms with Gasteiger partial charge < -0.3 is 14.4 Å². The Kier molecular flexibility index (Phi) is 30.0. The van der Waals surface area contributed by atoms with E-state index in [2.05, 4.69) is 46.2 Å². The lowest BCUT2D eigenvalue weighted by atomic mass is 9.94. The molecule has 0 amide bonds. The smallest absolute Gasteiger partial charge is 0.0918 e. The van der Waals surface area contributed by atoms with Crippen LogP contribution >= 0.6 is 0 Å². The Balaban J connectivity index is 3.46. The van der Waals surface area contributed by atoms with Crippen molar-refractivity contribution in [1.82, 2.24) is 4.90 Å². The van der Waals surface area contributed by atoms with Crippen molar-refractivity contribution in [3.8, 4) is 0 Å². The molecule has 2 unspecified atom stereocenters. The van der Waals surface area contributed by atoms with Crippen molar-refractivity contribution in [2.24, 2.45) is 11.8 Å². The van der Waals surface area contributed by atoms with Gasteiger partial charge in [-0.25, -0.2) is 0 Å². The van der Waals surface area contributed by atoms with Crippen LogP contribution in [0.15, 0.2) is 12.3 Å². The quantitative estimate of drug-likeness (QED) is 0.0613. The number of allylic oxidation sites excluding steroid dienone is 1. The Morgan fingerprint density at radius 2 is 1.10 bits per heavy atom. The van der Waals surface area contributed by atoms with Crippen LogP contribution in [0.3, 0.4) is 0 Å². The maximum absolute atomic E-state index is 6.09. The lowest BCUT2D eigenvalue weighted by molar-refractivity contribution is 0.100. The van der Waals surface area contributed by atoms with Gasteiger partial charge in [0.25, 0.3) is 0 Å². The SMILES string of the molecule is C=C(OCCCCCCCCCN(C)CCCCCCCCCOCC(C)CC)C(CCCC)CCCCC. The zero-order valence-corrected chi connectivity index (χ0v) is 27.7. The molecule has 0 fully saturated rings. The molecule has 0 aliphatic heterocycles. The van der Waals surface area contributed by atoms with Gasteiger partial charge >= 0.3 is 0 Å². The zero-order chi connectivity index (χ0) is 28.8. The van der Waals surface area contributed by atoms with E-state index < -0.39 is 0 Å². The van der Waals surface area contributed by atoms with Gasteiger partial charge in [-0.3, -0.25) is 0 Å². The summed E-state index contributed by atoms with van der Waals surface area (Å²) < 4.78 is 11.8. The Morgan fingerprint density at radius 3 is 1.64 bits per heavy atom. The Hall–Kier alpha value is -0.540. The van der Waals surface area contributed by atoms with Crippen molar-refractivity contribution in [3.05, 3.63) is 12.3 Å². The van der Waals surface area contributed by atoms with Crippen LogP contribution in [0, 0.1) is 11.8 Å². The highest BCUT2D eigenvalue weighted by molar-refractivity contribution is 4.91. The van der Waals surface area contributed by atoms with Crippen LogP contribution in [-0.2, 0) is 9.47 Å². The largest absolute Gasteiger partial charge is 0.498 e. The summed E-state index contributed by atoms with van der Waals surface area (Å²) in [6, 6.07) is 0. The molecule has 3 heteroatoms. The Morgan fingerprint density at radius 1 is 0.615 bits per heavy atom. The average molecular weight is 552 g/mol. The van der Waals surface area contributed by atoms with Gasteiger partial charge in [0.1, 0.15) is 0 Å². The number of nitrogens with zero attached hydrogens (tertiary/aromatic N) is 1. The van der Waals surface area contributed by atoms with Crippen molar-refractivity contribution in [2.75, 3.05) is 40.0 Å². The Labute approximate surface area is 247 Å². The molecule has 2 atom stereocenters. The second-order valence-corrected chi connectivity index (χ2v) is 12.5. The topological polar surface area (TPSA) is 21.7 Å². The van der Waals surface area contributed by atoms with Gasteiger partial charge in [-0.2, -0.15) is 0 Å². The summed E-state index contributed by atoms with van der Waals surface area (Å²) in [4.78, 5) is 2.55. The summed E-state index contributed by atoms with van der Waals surface area (Å²) >= 11 is 0. The van der Waals surface area contributed by atoms with Gasteiger partial charge in [0.15, 0.2) is 0 Å². The molecule has 0 aromatic carbocycles. The predicted octanol–water partition coefficient (Wildman–Crippen LogP) is 11.4. The van der Waals surface area contributed by atoms with Crippen LogP contribution in [0.5, 0.6) is 0 Å². The van der Waals surface area contributed by atoms with E-state index in [4.69, 9.17) is 9.47 Å². The minimum absolute atomic E-state index is 0.578. The highest BCUT2D eigenvalue weighted by Gasteiger charge is 2.13. The average Bonchev–Trinajstić information content (AvgIpc) is 2.94. The third kappa shape index (κ3) is 27.4. The van der Waals surface area contributed by atoms with Crippen molar-refractivity contribution in [2.45, 2.75) is 169 Å². The lowest BCUT2D eigenvalue weighted by Gasteiger charge is -2.20. The molecule has 0 N–H and O–H groups in total. The second-order valence-electron chi connectivity index (χ2n) is 12.5. The molecule has 0 aromatic heterocycles. The van der Waals surface area contributed by atoms with Crippen molar-refractivity contribution < 1.29 is 9.47 Å². The van der Waals surface area contributed by atoms with E-state index in [-0.39, 0.29) is 0 Å². The zero-order valence-electron chi connectivity index (χ0n) is 27.7. The highest BCUT2D eigenvalue weighted by atomic mass is 16.5. The van der Waals surface area contributed by atoms with Gasteiger partial charge in [-0.15, -0.1) is 0 Å². The van der Waals surface area contributed by atoms with Gasteiger partial charge in [0.05, 0.1) is 12.4 Å². The van der Waals surface area contributed by atoms with Gasteiger partial charge in [-0.1, -0.05) is 137 Å². The molecule has 0 rings (SSSR count). The van der Waals surface area contributed by atoms with Crippen LogP contribution in [0.1, 0.15) is 169 Å². The van der Waals surface area contributed by atoms with Gasteiger partial charge in [0.2, 0.25) is 0 Å². The summed E-state index contributed by atoms with van der Waals surface area (Å²) in [5.74, 6) is 2.36. The van der Waals surface area contributed by atoms with Crippen LogP contribution in [-0.4, -0.2) is 44.9 Å². The molecule has 0 heterocycles. The third-order valence-electron chi connectivity index (χ3n) is 8.42. The number of hydrogen-bond donors (Lipinski definition) is 0. The van der Waals surface area contributed by atoms with E-state index in [1.807, 2.05) is 0 Å². The van der Waals surface area contributed by atoms with Crippen LogP contribution in [0.2, 0.25) is 0 Å². The van der Waals surface area contributed by atoms with E-state index in [9.17, 15) is 0 Å². The molecule has 39 heavy (non-hydrogen) atoms. The summed E-state index contributed by atoms with van der Waals surface area (Å²) in [5, 5.41) is 0. The van der Waals surface area contributed by atoms with Crippen LogP contribution < -0.4 is 0 Å². The number of hydrogen-bond acceptors (Lipinski definition) is 3. The number of ether oxygens (including phenoxy) is 2. The standard InChI is InChI=1S/C36H73NO2/c1-7-10-22-28-36(27-11-8-2)35(5)39-32-26-21-17-13-15-19-24-30-37(6)29-23-18-14-12-16-20-25-31-38-33-34(4)9-3/h34,36H,5,7-33H2,1-4,6H3. The molecule has 0 aliphatic carbocycles. The van der Waals surface area contributed by atoms with E-state index in [1.165, 1.54) is 154 Å². The number of unbranched alkanes of at least 4 members (excludes halogenated alkanes) is 15. The first kappa shape index (κ1) is 38.5. The lowest BCUT2D eigenvalue weighted by Crippen LogP contribution is -2.20. The minimum atomic E-state index is 0.578. The molecule has 0 spiro atoms. The second kappa shape index (κ2) is 30.4. The van der Waals surface area contributed by atoms with E-state index in [1.54, 1.807) is 0 Å². The fourth-order valence-electron chi connectivity index (χ4n) is 5.23. The molecule has 234 valence electrons. The molecule has 0 saturated heterocycles. The summed E-state index contributed by atoms with van der Waals surface area (Å²) in [6.45, 7) is 18.7. The highest BCUT2D eigenvalue weighted by Crippen LogP contribution is 2.24. The molecule has 0 aromatic rings. The Bertz CT molecular complexity index is 494. The molecule has 0 bridgehead atoms. The predicted molar refractivity (Wildman–Crippen MR) is 175 cm³/mol. The fourth-order valence-corrected chi connectivity index (χ4v) is 5.23. The van der Waals surface area contributed by atoms with Crippen LogP contribution in [0.4, 0.5) is 0 Å². The molecule has 0 aliphatic rings. The first-order chi connectivity index (χ1) is 19.0. The summed E-state index contributed by atoms with van der Waals surface area (Å²) in [6.07, 6.45) is 29.1. The van der Waals surface area contributed by atoms with E-state index in [0.29, 0.717) is 11.8 Å². The maximum Gasteiger partial charge on any atom is 0.0918 e. The van der Waals surface area contributed by atoms with Crippen LogP contribution in [0.25, 0.3) is 0 Å². The van der Waals surface area contributed by atoms with E-state index >= 15 is 0 Å². The monoisotopic (exact) mass is 552 g/mol. The normalized spacial score (nSPS) is 13.2. The maximum atomic E-state index is 6.09. The van der Waals surface area contributed by atoms with Gasteiger partial charge in [0, 0.05) is 19.1 Å². The minimum Gasteiger partial charge on any atom is -0.498 e. The van der Waals surface area contributed by atoms with Crippen molar-refractivity contribution in [3.63, 3.8) is 0 Å². The summed E-state index contributed by atoms with van der Waals surface area (Å²) in [5.41, 5.74) is 0. The van der Waals surface area contributed by atoms with Crippen molar-refractivity contribution in [1.29, 1.82) is 0 Å². The van der Waals surface area contributed by atoms with Crippen molar-refractivity contribution >= 4 is 0 Å². The first-order valence-corrected chi connectivity index (χ1v) is 17.6. The molecule has 0 radical (unpaired) electrons. The molecule has 0 saturated carbocycles.